The van der Waals surface area contributed by atoms with Crippen molar-refractivity contribution in [3.8, 4) is 0 Å². The lowest BCUT2D eigenvalue weighted by molar-refractivity contribution is -0.142. The Balaban J connectivity index is 2.15. The summed E-state index contributed by atoms with van der Waals surface area (Å²) in [6.07, 6.45) is 1.67. The van der Waals surface area contributed by atoms with E-state index >= 15 is 0 Å². The minimum atomic E-state index is -0.681. The van der Waals surface area contributed by atoms with E-state index in [0.717, 1.165) is 10.9 Å². The lowest BCUT2D eigenvalue weighted by Gasteiger charge is -2.11. The summed E-state index contributed by atoms with van der Waals surface area (Å²) in [4.78, 5) is 23.1. The number of fused-ring (bicyclic) bond motifs is 1. The highest BCUT2D eigenvalue weighted by Crippen LogP contribution is 2.12. The summed E-state index contributed by atoms with van der Waals surface area (Å²) in [5, 5.41) is 10.1. The van der Waals surface area contributed by atoms with Gasteiger partial charge in [0, 0.05) is 10.9 Å². The molecule has 0 spiro atoms. The van der Waals surface area contributed by atoms with Gasteiger partial charge in [0.2, 0.25) is 0 Å². The Hall–Kier alpha value is -2.37. The fourth-order valence-electron chi connectivity index (χ4n) is 1.59. The SMILES string of the molecule is COC(=O)C(C)NC(=O)c1ccc2cn[nH]c2c1. The molecule has 1 unspecified atom stereocenters. The summed E-state index contributed by atoms with van der Waals surface area (Å²) >= 11 is 0. The lowest BCUT2D eigenvalue weighted by atomic mass is 10.1. The fraction of sp³-hybridized carbons (Fsp3) is 0.250. The first-order chi connectivity index (χ1) is 8.61. The first-order valence-electron chi connectivity index (χ1n) is 5.43. The minimum absolute atomic E-state index is 0.329. The van der Waals surface area contributed by atoms with E-state index in [-0.39, 0.29) is 5.91 Å². The van der Waals surface area contributed by atoms with Crippen LogP contribution in [0.5, 0.6) is 0 Å². The van der Waals surface area contributed by atoms with Gasteiger partial charge in [0.25, 0.3) is 5.91 Å². The summed E-state index contributed by atoms with van der Waals surface area (Å²) < 4.78 is 4.54. The number of carbonyl (C=O) groups excluding carboxylic acids is 2. The predicted octanol–water partition coefficient (Wildman–Crippen LogP) is 0.854. The van der Waals surface area contributed by atoms with Gasteiger partial charge in [0.05, 0.1) is 18.8 Å². The van der Waals surface area contributed by atoms with Crippen LogP contribution in [-0.4, -0.2) is 35.2 Å². The van der Waals surface area contributed by atoms with Gasteiger partial charge in [-0.2, -0.15) is 5.10 Å². The molecule has 1 amide bonds. The van der Waals surface area contributed by atoms with Crippen molar-refractivity contribution in [3.05, 3.63) is 30.0 Å². The first kappa shape index (κ1) is 12.1. The summed E-state index contributed by atoms with van der Waals surface area (Å²) in [7, 11) is 1.28. The molecule has 6 nitrogen and oxygen atoms in total. The molecule has 0 bridgehead atoms. The average Bonchev–Trinajstić information content (AvgIpc) is 2.84. The highest BCUT2D eigenvalue weighted by atomic mass is 16.5. The van der Waals surface area contributed by atoms with Gasteiger partial charge in [-0.25, -0.2) is 4.79 Å². The van der Waals surface area contributed by atoms with Crippen molar-refractivity contribution < 1.29 is 14.3 Å². The van der Waals surface area contributed by atoms with Crippen molar-refractivity contribution in [1.82, 2.24) is 15.5 Å². The number of nitrogens with zero attached hydrogens (tertiary/aromatic N) is 1. The van der Waals surface area contributed by atoms with Crippen LogP contribution >= 0.6 is 0 Å². The van der Waals surface area contributed by atoms with Crippen LogP contribution in [0.15, 0.2) is 24.4 Å². The molecule has 0 aliphatic rings. The van der Waals surface area contributed by atoms with Gasteiger partial charge in [-0.1, -0.05) is 6.07 Å². The second-order valence-corrected chi connectivity index (χ2v) is 3.89. The number of H-pyrrole nitrogens is 1. The molecule has 1 heterocycles. The molecular weight excluding hydrogens is 234 g/mol. The molecule has 1 atom stereocenters. The normalized spacial score (nSPS) is 12.1. The van der Waals surface area contributed by atoms with Crippen LogP contribution < -0.4 is 5.32 Å². The number of esters is 1. The first-order valence-corrected chi connectivity index (χ1v) is 5.43. The number of hydrogen-bond donors (Lipinski definition) is 2. The zero-order valence-electron chi connectivity index (χ0n) is 10.1. The Bertz CT molecular complexity index is 591. The van der Waals surface area contributed by atoms with Crippen molar-refractivity contribution in [2.75, 3.05) is 7.11 Å². The molecule has 2 rings (SSSR count). The predicted molar refractivity (Wildman–Crippen MR) is 65.0 cm³/mol. The maximum atomic E-state index is 11.9. The number of nitrogens with one attached hydrogen (secondary N) is 2. The van der Waals surface area contributed by atoms with Crippen LogP contribution in [0.2, 0.25) is 0 Å². The van der Waals surface area contributed by atoms with Crippen LogP contribution in [0.25, 0.3) is 10.9 Å². The second kappa shape index (κ2) is 4.87. The Morgan fingerprint density at radius 3 is 2.94 bits per heavy atom. The third-order valence-electron chi connectivity index (χ3n) is 2.61. The van der Waals surface area contributed by atoms with Gasteiger partial charge in [0.15, 0.2) is 0 Å². The number of carbonyl (C=O) groups is 2. The maximum absolute atomic E-state index is 11.9. The molecule has 1 aromatic carbocycles. The standard InChI is InChI=1S/C12H13N3O3/c1-7(12(17)18-2)14-11(16)8-3-4-9-6-13-15-10(9)5-8/h3-7H,1-2H3,(H,13,15)(H,14,16). The van der Waals surface area contributed by atoms with Crippen molar-refractivity contribution in [3.63, 3.8) is 0 Å². The lowest BCUT2D eigenvalue weighted by Crippen LogP contribution is -2.39. The summed E-state index contributed by atoms with van der Waals surface area (Å²) in [6, 6.07) is 4.47. The van der Waals surface area contributed by atoms with Crippen molar-refractivity contribution in [2.45, 2.75) is 13.0 Å². The monoisotopic (exact) mass is 247 g/mol. The summed E-state index contributed by atoms with van der Waals surface area (Å²) in [6.45, 7) is 1.57. The van der Waals surface area contributed by atoms with Crippen molar-refractivity contribution in [2.24, 2.45) is 0 Å². The van der Waals surface area contributed by atoms with Crippen LogP contribution in [-0.2, 0) is 9.53 Å². The molecule has 18 heavy (non-hydrogen) atoms. The third kappa shape index (κ3) is 2.32. The number of hydrogen-bond acceptors (Lipinski definition) is 4. The molecule has 0 saturated carbocycles. The van der Waals surface area contributed by atoms with Gasteiger partial charge in [-0.3, -0.25) is 9.89 Å². The van der Waals surface area contributed by atoms with E-state index in [1.807, 2.05) is 0 Å². The van der Waals surface area contributed by atoms with Crippen molar-refractivity contribution in [1.29, 1.82) is 0 Å². The van der Waals surface area contributed by atoms with E-state index in [4.69, 9.17) is 0 Å². The molecule has 6 heteroatoms. The van der Waals surface area contributed by atoms with Crippen LogP contribution in [0.1, 0.15) is 17.3 Å². The average molecular weight is 247 g/mol. The van der Waals surface area contributed by atoms with Crippen LogP contribution in [0.3, 0.4) is 0 Å². The number of aromatic nitrogens is 2. The van der Waals surface area contributed by atoms with Gasteiger partial charge >= 0.3 is 5.97 Å². The Kier molecular flexibility index (Phi) is 3.27. The molecule has 0 fully saturated rings. The van der Waals surface area contributed by atoms with E-state index in [1.54, 1.807) is 31.3 Å². The third-order valence-corrected chi connectivity index (χ3v) is 2.61. The van der Waals surface area contributed by atoms with Crippen LogP contribution in [0, 0.1) is 0 Å². The van der Waals surface area contributed by atoms with E-state index in [0.29, 0.717) is 5.56 Å². The number of amides is 1. The zero-order valence-corrected chi connectivity index (χ0v) is 10.1. The molecule has 0 aliphatic heterocycles. The number of benzene rings is 1. The van der Waals surface area contributed by atoms with Gasteiger partial charge < -0.3 is 10.1 Å². The molecule has 0 aliphatic carbocycles. The second-order valence-electron chi connectivity index (χ2n) is 3.89. The molecule has 0 radical (unpaired) electrons. The van der Waals surface area contributed by atoms with E-state index < -0.39 is 12.0 Å². The largest absolute Gasteiger partial charge is 0.467 e. The topological polar surface area (TPSA) is 84.1 Å². The smallest absolute Gasteiger partial charge is 0.328 e. The van der Waals surface area contributed by atoms with Crippen LogP contribution in [0.4, 0.5) is 0 Å². The van der Waals surface area contributed by atoms with Gasteiger partial charge in [-0.05, 0) is 19.1 Å². The fourth-order valence-corrected chi connectivity index (χ4v) is 1.59. The minimum Gasteiger partial charge on any atom is -0.467 e. The number of methoxy groups -OCH3 is 1. The number of rotatable bonds is 3. The Labute approximate surface area is 103 Å². The van der Waals surface area contributed by atoms with Crippen molar-refractivity contribution >= 4 is 22.8 Å². The molecule has 2 N–H and O–H groups in total. The Morgan fingerprint density at radius 2 is 2.22 bits per heavy atom. The summed E-state index contributed by atoms with van der Waals surface area (Å²) in [5.41, 5.74) is 1.23. The molecular formula is C12H13N3O3. The molecule has 94 valence electrons. The van der Waals surface area contributed by atoms with E-state index in [2.05, 4.69) is 20.3 Å². The molecule has 0 saturated heterocycles. The number of ether oxygens (including phenoxy) is 1. The maximum Gasteiger partial charge on any atom is 0.328 e. The zero-order chi connectivity index (χ0) is 13.1. The van der Waals surface area contributed by atoms with E-state index in [1.165, 1.54) is 7.11 Å². The van der Waals surface area contributed by atoms with Gasteiger partial charge in [-0.15, -0.1) is 0 Å². The Morgan fingerprint density at radius 1 is 1.44 bits per heavy atom. The molecule has 2 aromatic rings. The number of aromatic amines is 1. The highest BCUT2D eigenvalue weighted by molar-refractivity contribution is 5.99. The molecule has 1 aromatic heterocycles. The van der Waals surface area contributed by atoms with E-state index in [9.17, 15) is 9.59 Å². The summed E-state index contributed by atoms with van der Waals surface area (Å²) in [5.74, 6) is -0.810. The van der Waals surface area contributed by atoms with Gasteiger partial charge in [0.1, 0.15) is 6.04 Å². The quantitative estimate of drug-likeness (QED) is 0.788. The highest BCUT2D eigenvalue weighted by Gasteiger charge is 2.17.